The topological polar surface area (TPSA) is 84.7 Å². The van der Waals surface area contributed by atoms with Gasteiger partial charge in [0.1, 0.15) is 0 Å². The number of halogens is 3. The molecule has 10 heteroatoms. The first-order valence-electron chi connectivity index (χ1n) is 7.94. The fourth-order valence-electron chi connectivity index (χ4n) is 2.35. The van der Waals surface area contributed by atoms with Gasteiger partial charge < -0.3 is 15.2 Å². The molecule has 0 fully saturated rings. The Hall–Kier alpha value is -3.43. The van der Waals surface area contributed by atoms with Crippen molar-refractivity contribution >= 4 is 11.7 Å². The van der Waals surface area contributed by atoms with Gasteiger partial charge in [-0.05, 0) is 24.3 Å². The second-order valence-electron chi connectivity index (χ2n) is 5.48. The summed E-state index contributed by atoms with van der Waals surface area (Å²) in [5, 5.41) is 4.97. The minimum absolute atomic E-state index is 0.0586. The Labute approximate surface area is 152 Å². The number of alkyl halides is 3. The van der Waals surface area contributed by atoms with Gasteiger partial charge in [-0.2, -0.15) is 13.2 Å². The van der Waals surface area contributed by atoms with Gasteiger partial charge in [-0.3, -0.25) is 0 Å². The zero-order valence-corrected chi connectivity index (χ0v) is 13.9. The number of nitrogens with one attached hydrogen (secondary N) is 2. The number of hydrogen-bond acceptors (Lipinski definition) is 4. The third-order valence-corrected chi connectivity index (χ3v) is 3.57. The summed E-state index contributed by atoms with van der Waals surface area (Å²) in [6.07, 6.45) is 2.04. The van der Waals surface area contributed by atoms with Crippen molar-refractivity contribution in [3.05, 3.63) is 60.7 Å². The number of carbonyl (C=O) groups is 1. The van der Waals surface area contributed by atoms with Crippen LogP contribution in [0.25, 0.3) is 11.6 Å². The SMILES string of the molecule is O=C(NCCn1ccnc1-c1ncccn1)Nc1cccc(C(F)(F)F)c1. The Kier molecular flexibility index (Phi) is 5.34. The lowest BCUT2D eigenvalue weighted by atomic mass is 10.2. The fraction of sp³-hybridized carbons (Fsp3) is 0.176. The normalized spacial score (nSPS) is 11.2. The summed E-state index contributed by atoms with van der Waals surface area (Å²) in [6.45, 7) is 0.630. The average Bonchev–Trinajstić information content (AvgIpc) is 3.10. The van der Waals surface area contributed by atoms with Crippen LogP contribution in [0.1, 0.15) is 5.56 Å². The number of nitrogens with zero attached hydrogens (tertiary/aromatic N) is 4. The number of anilines is 1. The molecule has 2 N–H and O–H groups in total. The van der Waals surface area contributed by atoms with E-state index in [0.29, 0.717) is 18.2 Å². The first kappa shape index (κ1) is 18.4. The predicted octanol–water partition coefficient (Wildman–Crippen LogP) is 3.18. The first-order chi connectivity index (χ1) is 12.9. The van der Waals surface area contributed by atoms with Crippen LogP contribution in [0.3, 0.4) is 0 Å². The molecule has 0 aliphatic carbocycles. The maximum Gasteiger partial charge on any atom is 0.416 e. The summed E-state index contributed by atoms with van der Waals surface area (Å²) in [5.41, 5.74) is -0.769. The molecule has 2 amide bonds. The van der Waals surface area contributed by atoms with Crippen LogP contribution in [0.4, 0.5) is 23.7 Å². The van der Waals surface area contributed by atoms with Gasteiger partial charge in [0.25, 0.3) is 0 Å². The van der Waals surface area contributed by atoms with Crippen LogP contribution < -0.4 is 10.6 Å². The highest BCUT2D eigenvalue weighted by Gasteiger charge is 2.30. The van der Waals surface area contributed by atoms with E-state index in [2.05, 4.69) is 25.6 Å². The summed E-state index contributed by atoms with van der Waals surface area (Å²) in [7, 11) is 0. The zero-order chi connectivity index (χ0) is 19.3. The van der Waals surface area contributed by atoms with Gasteiger partial charge in [-0.25, -0.2) is 19.7 Å². The molecule has 2 heterocycles. The molecule has 7 nitrogen and oxygen atoms in total. The second-order valence-corrected chi connectivity index (χ2v) is 5.48. The van der Waals surface area contributed by atoms with Crippen molar-refractivity contribution in [2.24, 2.45) is 0 Å². The van der Waals surface area contributed by atoms with E-state index in [4.69, 9.17) is 0 Å². The van der Waals surface area contributed by atoms with Gasteiger partial charge in [0.15, 0.2) is 11.6 Å². The number of benzene rings is 1. The smallest absolute Gasteiger partial charge is 0.336 e. The lowest BCUT2D eigenvalue weighted by molar-refractivity contribution is -0.137. The molecule has 0 bridgehead atoms. The van der Waals surface area contributed by atoms with E-state index < -0.39 is 17.8 Å². The van der Waals surface area contributed by atoms with Gasteiger partial charge in [0.2, 0.25) is 0 Å². The minimum atomic E-state index is -4.47. The van der Waals surface area contributed by atoms with Crippen molar-refractivity contribution in [2.75, 3.05) is 11.9 Å². The maximum absolute atomic E-state index is 12.7. The van der Waals surface area contributed by atoms with Crippen LogP contribution in [0.2, 0.25) is 0 Å². The van der Waals surface area contributed by atoms with Gasteiger partial charge >= 0.3 is 12.2 Å². The van der Waals surface area contributed by atoms with E-state index in [1.54, 1.807) is 35.4 Å². The molecule has 0 aliphatic heterocycles. The molecule has 3 aromatic rings. The molecule has 0 saturated heterocycles. The molecule has 140 valence electrons. The van der Waals surface area contributed by atoms with Crippen molar-refractivity contribution in [1.82, 2.24) is 24.8 Å². The molecule has 27 heavy (non-hydrogen) atoms. The quantitative estimate of drug-likeness (QED) is 0.716. The van der Waals surface area contributed by atoms with E-state index in [-0.39, 0.29) is 12.2 Å². The number of hydrogen-bond donors (Lipinski definition) is 2. The van der Waals surface area contributed by atoms with E-state index in [1.807, 2.05) is 0 Å². The van der Waals surface area contributed by atoms with E-state index in [0.717, 1.165) is 12.1 Å². The number of rotatable bonds is 5. The van der Waals surface area contributed by atoms with E-state index in [9.17, 15) is 18.0 Å². The summed E-state index contributed by atoms with van der Waals surface area (Å²) in [5.74, 6) is 1.01. The third kappa shape index (κ3) is 4.81. The van der Waals surface area contributed by atoms with Gasteiger partial charge in [0, 0.05) is 43.6 Å². The molecule has 0 radical (unpaired) electrons. The third-order valence-electron chi connectivity index (χ3n) is 3.57. The molecule has 1 aromatic carbocycles. The molecule has 0 aliphatic rings. The summed E-state index contributed by atoms with van der Waals surface area (Å²) >= 11 is 0. The van der Waals surface area contributed by atoms with Crippen LogP contribution in [-0.2, 0) is 12.7 Å². The molecular weight excluding hydrogens is 361 g/mol. The molecule has 3 rings (SSSR count). The molecule has 0 spiro atoms. The predicted molar refractivity (Wildman–Crippen MR) is 91.7 cm³/mol. The molecule has 0 saturated carbocycles. The van der Waals surface area contributed by atoms with Crippen molar-refractivity contribution in [3.63, 3.8) is 0 Å². The van der Waals surface area contributed by atoms with Gasteiger partial charge in [0.05, 0.1) is 5.56 Å². The lowest BCUT2D eigenvalue weighted by Crippen LogP contribution is -2.31. The van der Waals surface area contributed by atoms with Gasteiger partial charge in [-0.1, -0.05) is 6.07 Å². The highest BCUT2D eigenvalue weighted by atomic mass is 19.4. The molecule has 2 aromatic heterocycles. The highest BCUT2D eigenvalue weighted by molar-refractivity contribution is 5.89. The van der Waals surface area contributed by atoms with Crippen LogP contribution in [0.5, 0.6) is 0 Å². The molecule has 0 atom stereocenters. The monoisotopic (exact) mass is 376 g/mol. The van der Waals surface area contributed by atoms with E-state index >= 15 is 0 Å². The standard InChI is InChI=1S/C17H15F3N6O/c18-17(19,20)12-3-1-4-13(11-12)25-16(27)24-8-10-26-9-7-23-15(26)14-21-5-2-6-22-14/h1-7,9,11H,8,10H2,(H2,24,25,27). The van der Waals surface area contributed by atoms with Crippen LogP contribution in [0.15, 0.2) is 55.1 Å². The number of imidazole rings is 1. The summed E-state index contributed by atoms with van der Waals surface area (Å²) in [6, 6.07) is 5.52. The maximum atomic E-state index is 12.7. The second kappa shape index (κ2) is 7.85. The van der Waals surface area contributed by atoms with Crippen LogP contribution in [-0.4, -0.2) is 32.1 Å². The number of urea groups is 1. The van der Waals surface area contributed by atoms with Gasteiger partial charge in [-0.15, -0.1) is 0 Å². The Bertz CT molecular complexity index is 910. The number of aromatic nitrogens is 4. The Morgan fingerprint density at radius 1 is 1.07 bits per heavy atom. The summed E-state index contributed by atoms with van der Waals surface area (Å²) < 4.78 is 39.9. The van der Waals surface area contributed by atoms with Crippen molar-refractivity contribution in [2.45, 2.75) is 12.7 Å². The van der Waals surface area contributed by atoms with E-state index in [1.165, 1.54) is 12.1 Å². The fourth-order valence-corrected chi connectivity index (χ4v) is 2.35. The minimum Gasteiger partial charge on any atom is -0.336 e. The number of carbonyl (C=O) groups excluding carboxylic acids is 1. The highest BCUT2D eigenvalue weighted by Crippen LogP contribution is 2.30. The molecular formula is C17H15F3N6O. The van der Waals surface area contributed by atoms with Crippen LogP contribution in [0, 0.1) is 0 Å². The Balaban J connectivity index is 1.55. The van der Waals surface area contributed by atoms with Crippen LogP contribution >= 0.6 is 0 Å². The summed E-state index contributed by atoms with van der Waals surface area (Å²) in [4.78, 5) is 24.3. The Morgan fingerprint density at radius 2 is 1.85 bits per heavy atom. The Morgan fingerprint density at radius 3 is 2.59 bits per heavy atom. The lowest BCUT2D eigenvalue weighted by Gasteiger charge is -2.11. The number of amides is 2. The first-order valence-corrected chi connectivity index (χ1v) is 7.94. The van der Waals surface area contributed by atoms with Crippen molar-refractivity contribution < 1.29 is 18.0 Å². The van der Waals surface area contributed by atoms with Crippen molar-refractivity contribution in [1.29, 1.82) is 0 Å². The largest absolute Gasteiger partial charge is 0.416 e. The average molecular weight is 376 g/mol. The van der Waals surface area contributed by atoms with Crippen molar-refractivity contribution in [3.8, 4) is 11.6 Å². The zero-order valence-electron chi connectivity index (χ0n) is 13.9. The molecule has 0 unspecified atom stereocenters.